The molecule has 0 atom stereocenters. The van der Waals surface area contributed by atoms with Crippen LogP contribution in [0.5, 0.6) is 5.75 Å². The molecule has 0 unspecified atom stereocenters. The highest BCUT2D eigenvalue weighted by Gasteiger charge is 2.21. The Labute approximate surface area is 193 Å². The molecule has 12 heteroatoms. The third-order valence-electron chi connectivity index (χ3n) is 5.39. The fraction of sp³-hybridized carbons (Fsp3) is 0.273. The van der Waals surface area contributed by atoms with Gasteiger partial charge in [0.25, 0.3) is 0 Å². The molecule has 12 nitrogen and oxygen atoms in total. The van der Waals surface area contributed by atoms with E-state index in [1.165, 1.54) is 9.08 Å². The predicted octanol–water partition coefficient (Wildman–Crippen LogP) is 1.76. The average molecular weight is 464 g/mol. The van der Waals surface area contributed by atoms with Crippen LogP contribution in [0, 0.1) is 0 Å². The first-order chi connectivity index (χ1) is 16.6. The summed E-state index contributed by atoms with van der Waals surface area (Å²) in [4.78, 5) is 22.0. The van der Waals surface area contributed by atoms with E-state index in [2.05, 4.69) is 20.4 Å². The molecule has 34 heavy (non-hydrogen) atoms. The number of anilines is 2. The van der Waals surface area contributed by atoms with Gasteiger partial charge in [0.2, 0.25) is 11.8 Å². The SMILES string of the molecule is COCCOc1ccc(NCCn2c(=O)n(C)c3c2nc(N)n2nc(-c4ccco4)nc32)cc1. The van der Waals surface area contributed by atoms with Crippen LogP contribution < -0.4 is 21.5 Å². The predicted molar refractivity (Wildman–Crippen MR) is 126 cm³/mol. The number of ether oxygens (including phenoxy) is 2. The average Bonchev–Trinajstić information content (AvgIpc) is 3.56. The Morgan fingerprint density at radius 2 is 1.94 bits per heavy atom. The molecule has 0 spiro atoms. The van der Waals surface area contributed by atoms with Gasteiger partial charge in [0.15, 0.2) is 17.1 Å². The number of hydrogen-bond acceptors (Lipinski definition) is 9. The van der Waals surface area contributed by atoms with E-state index < -0.39 is 0 Å². The molecule has 4 heterocycles. The highest BCUT2D eigenvalue weighted by atomic mass is 16.5. The maximum absolute atomic E-state index is 13.0. The van der Waals surface area contributed by atoms with Crippen LogP contribution in [0.2, 0.25) is 0 Å². The second-order valence-electron chi connectivity index (χ2n) is 7.58. The number of nitrogen functional groups attached to an aromatic ring is 1. The molecular formula is C22H24N8O4. The number of benzene rings is 1. The van der Waals surface area contributed by atoms with Gasteiger partial charge >= 0.3 is 5.69 Å². The molecule has 0 saturated carbocycles. The second kappa shape index (κ2) is 8.90. The zero-order chi connectivity index (χ0) is 23.7. The zero-order valence-electron chi connectivity index (χ0n) is 18.8. The van der Waals surface area contributed by atoms with Crippen molar-refractivity contribution in [2.45, 2.75) is 6.54 Å². The van der Waals surface area contributed by atoms with Crippen LogP contribution >= 0.6 is 0 Å². The maximum atomic E-state index is 13.0. The van der Waals surface area contributed by atoms with Crippen LogP contribution in [-0.2, 0) is 18.3 Å². The molecule has 0 fully saturated rings. The summed E-state index contributed by atoms with van der Waals surface area (Å²) in [5.74, 6) is 1.76. The molecular weight excluding hydrogens is 440 g/mol. The van der Waals surface area contributed by atoms with Gasteiger partial charge in [0.1, 0.15) is 17.9 Å². The number of aryl methyl sites for hydroxylation is 1. The number of aromatic nitrogens is 6. The molecule has 0 aliphatic carbocycles. The van der Waals surface area contributed by atoms with Crippen molar-refractivity contribution in [3.8, 4) is 17.3 Å². The van der Waals surface area contributed by atoms with Crippen LogP contribution in [-0.4, -0.2) is 55.6 Å². The second-order valence-corrected chi connectivity index (χ2v) is 7.58. The minimum absolute atomic E-state index is 0.129. The summed E-state index contributed by atoms with van der Waals surface area (Å²) in [7, 11) is 3.31. The largest absolute Gasteiger partial charge is 0.491 e. The fourth-order valence-electron chi connectivity index (χ4n) is 3.73. The van der Waals surface area contributed by atoms with E-state index in [0.717, 1.165) is 11.4 Å². The lowest BCUT2D eigenvalue weighted by Gasteiger charge is -2.09. The fourth-order valence-corrected chi connectivity index (χ4v) is 3.73. The van der Waals surface area contributed by atoms with Crippen molar-refractivity contribution in [1.29, 1.82) is 0 Å². The number of nitrogens with two attached hydrogens (primary N) is 1. The third kappa shape index (κ3) is 3.83. The highest BCUT2D eigenvalue weighted by Crippen LogP contribution is 2.23. The van der Waals surface area contributed by atoms with Crippen molar-refractivity contribution in [2.24, 2.45) is 7.05 Å². The van der Waals surface area contributed by atoms with Crippen LogP contribution in [0.15, 0.2) is 51.9 Å². The zero-order valence-corrected chi connectivity index (χ0v) is 18.8. The van der Waals surface area contributed by atoms with Gasteiger partial charge in [-0.25, -0.2) is 9.78 Å². The van der Waals surface area contributed by atoms with E-state index in [1.807, 2.05) is 24.3 Å². The first-order valence-corrected chi connectivity index (χ1v) is 10.7. The number of imidazole rings is 1. The van der Waals surface area contributed by atoms with Crippen LogP contribution in [0.25, 0.3) is 28.4 Å². The Morgan fingerprint density at radius 1 is 1.12 bits per heavy atom. The Hall–Kier alpha value is -4.32. The highest BCUT2D eigenvalue weighted by molar-refractivity contribution is 5.88. The monoisotopic (exact) mass is 464 g/mol. The van der Waals surface area contributed by atoms with Crippen molar-refractivity contribution in [3.63, 3.8) is 0 Å². The summed E-state index contributed by atoms with van der Waals surface area (Å²) in [6.45, 7) is 1.90. The minimum atomic E-state index is -0.221. The van der Waals surface area contributed by atoms with Crippen molar-refractivity contribution >= 4 is 28.4 Å². The third-order valence-corrected chi connectivity index (χ3v) is 5.39. The molecule has 176 valence electrons. The van der Waals surface area contributed by atoms with E-state index >= 15 is 0 Å². The smallest absolute Gasteiger partial charge is 0.330 e. The van der Waals surface area contributed by atoms with Gasteiger partial charge in [0.05, 0.1) is 12.9 Å². The summed E-state index contributed by atoms with van der Waals surface area (Å²) in [5.41, 5.74) is 8.26. The van der Waals surface area contributed by atoms with Gasteiger partial charge in [-0.3, -0.25) is 9.13 Å². The molecule has 5 rings (SSSR count). The van der Waals surface area contributed by atoms with Crippen LogP contribution in [0.1, 0.15) is 0 Å². The quantitative estimate of drug-likeness (QED) is 0.312. The Kier molecular flexibility index (Phi) is 5.64. The molecule has 5 aromatic rings. The minimum Gasteiger partial charge on any atom is -0.491 e. The number of furan rings is 1. The Balaban J connectivity index is 1.38. The summed E-state index contributed by atoms with van der Waals surface area (Å²) in [6, 6.07) is 11.1. The molecule has 0 aliphatic rings. The number of methoxy groups -OCH3 is 1. The summed E-state index contributed by atoms with van der Waals surface area (Å²) >= 11 is 0. The van der Waals surface area contributed by atoms with Gasteiger partial charge < -0.3 is 24.9 Å². The summed E-state index contributed by atoms with van der Waals surface area (Å²) in [6.07, 6.45) is 1.54. The van der Waals surface area contributed by atoms with Gasteiger partial charge in [-0.1, -0.05) is 0 Å². The van der Waals surface area contributed by atoms with Crippen molar-refractivity contribution in [1.82, 2.24) is 28.7 Å². The van der Waals surface area contributed by atoms with Gasteiger partial charge in [0, 0.05) is 32.9 Å². The molecule has 0 aliphatic heterocycles. The summed E-state index contributed by atoms with van der Waals surface area (Å²) < 4.78 is 20.4. The molecule has 0 saturated heterocycles. The van der Waals surface area contributed by atoms with E-state index in [9.17, 15) is 4.79 Å². The van der Waals surface area contributed by atoms with Gasteiger partial charge in [-0.2, -0.15) is 9.50 Å². The number of nitrogens with one attached hydrogen (secondary N) is 1. The molecule has 1 aromatic carbocycles. The standard InChI is InChI=1S/C22H24N8O4/c1-28-17-19(26-21(23)30-20(17)25-18(27-30)16-4-3-11-34-16)29(22(28)31)10-9-24-14-5-7-15(8-6-14)33-13-12-32-2/h3-8,11,24H,9-10,12-13H2,1-2H3,(H2,23,26). The molecule has 3 N–H and O–H groups in total. The Morgan fingerprint density at radius 3 is 2.68 bits per heavy atom. The van der Waals surface area contributed by atoms with Gasteiger partial charge in [-0.15, -0.1) is 5.10 Å². The lowest BCUT2D eigenvalue weighted by atomic mass is 10.3. The van der Waals surface area contributed by atoms with Crippen molar-refractivity contribution in [2.75, 3.05) is 37.9 Å². The van der Waals surface area contributed by atoms with E-state index in [4.69, 9.17) is 19.6 Å². The number of hydrogen-bond donors (Lipinski definition) is 2. The van der Waals surface area contributed by atoms with E-state index in [1.54, 1.807) is 37.1 Å². The first-order valence-electron chi connectivity index (χ1n) is 10.7. The van der Waals surface area contributed by atoms with Crippen LogP contribution in [0.4, 0.5) is 11.6 Å². The number of fused-ring (bicyclic) bond motifs is 3. The topological polar surface area (TPSA) is 140 Å². The molecule has 0 radical (unpaired) electrons. The van der Waals surface area contributed by atoms with Gasteiger partial charge in [-0.05, 0) is 36.4 Å². The Bertz CT molecular complexity index is 1480. The van der Waals surface area contributed by atoms with Crippen molar-refractivity contribution < 1.29 is 13.9 Å². The van der Waals surface area contributed by atoms with E-state index in [-0.39, 0.29) is 11.6 Å². The summed E-state index contributed by atoms with van der Waals surface area (Å²) in [5, 5.41) is 7.70. The van der Waals surface area contributed by atoms with Crippen LogP contribution in [0.3, 0.4) is 0 Å². The maximum Gasteiger partial charge on any atom is 0.330 e. The number of rotatable bonds is 9. The molecule has 0 amide bonds. The first kappa shape index (κ1) is 21.5. The normalized spacial score (nSPS) is 11.5. The van der Waals surface area contributed by atoms with E-state index in [0.29, 0.717) is 54.7 Å². The lowest BCUT2D eigenvalue weighted by molar-refractivity contribution is 0.146. The number of nitrogens with zero attached hydrogens (tertiary/aromatic N) is 6. The molecule has 0 bridgehead atoms. The van der Waals surface area contributed by atoms with Crippen molar-refractivity contribution in [3.05, 3.63) is 53.1 Å². The molecule has 4 aromatic heterocycles. The lowest BCUT2D eigenvalue weighted by Crippen LogP contribution is -2.25.